The topological polar surface area (TPSA) is 81.0 Å². The Morgan fingerprint density at radius 1 is 1.10 bits per heavy atom. The number of aryl methyl sites for hydroxylation is 2. The second-order valence-electron chi connectivity index (χ2n) is 7.68. The summed E-state index contributed by atoms with van der Waals surface area (Å²) in [5.74, 6) is -0.570. The smallest absolute Gasteiger partial charge is 0.338 e. The molecule has 7 nitrogen and oxygen atoms in total. The molecule has 1 saturated heterocycles. The van der Waals surface area contributed by atoms with Crippen LogP contribution in [0.4, 0.5) is 0 Å². The summed E-state index contributed by atoms with van der Waals surface area (Å²) in [7, 11) is -3.63. The first-order valence-electron chi connectivity index (χ1n) is 10.1. The molecule has 0 amide bonds. The number of nitrogens with zero attached hydrogens (tertiary/aromatic N) is 3. The second kappa shape index (κ2) is 8.20. The Kier molecular flexibility index (Phi) is 5.62. The number of pyridine rings is 1. The lowest BCUT2D eigenvalue weighted by Crippen LogP contribution is -2.36. The number of esters is 1. The van der Waals surface area contributed by atoms with Crippen molar-refractivity contribution >= 4 is 21.6 Å². The molecule has 0 aliphatic carbocycles. The van der Waals surface area contributed by atoms with E-state index in [1.165, 1.54) is 10.4 Å². The van der Waals surface area contributed by atoms with E-state index in [0.29, 0.717) is 24.3 Å². The highest BCUT2D eigenvalue weighted by Crippen LogP contribution is 2.25. The van der Waals surface area contributed by atoms with Gasteiger partial charge >= 0.3 is 5.97 Å². The minimum Gasteiger partial charge on any atom is -0.456 e. The van der Waals surface area contributed by atoms with E-state index < -0.39 is 16.0 Å². The number of ether oxygens (including phenoxy) is 1. The summed E-state index contributed by atoms with van der Waals surface area (Å²) in [4.78, 5) is 17.3. The lowest BCUT2D eigenvalue weighted by atomic mass is 10.1. The molecule has 1 aromatic carbocycles. The molecule has 0 bridgehead atoms. The Labute approximate surface area is 176 Å². The van der Waals surface area contributed by atoms with Crippen molar-refractivity contribution in [2.45, 2.75) is 44.6 Å². The van der Waals surface area contributed by atoms with Crippen molar-refractivity contribution in [3.63, 3.8) is 0 Å². The third-order valence-corrected chi connectivity index (χ3v) is 7.48. The van der Waals surface area contributed by atoms with Gasteiger partial charge in [-0.1, -0.05) is 18.6 Å². The number of aromatic nitrogens is 2. The summed E-state index contributed by atoms with van der Waals surface area (Å²) in [6, 6.07) is 8.57. The van der Waals surface area contributed by atoms with Crippen LogP contribution in [0.1, 0.15) is 46.4 Å². The Morgan fingerprint density at radius 3 is 2.60 bits per heavy atom. The minimum absolute atomic E-state index is 0.0159. The van der Waals surface area contributed by atoms with E-state index in [4.69, 9.17) is 4.74 Å². The fourth-order valence-electron chi connectivity index (χ4n) is 3.75. The fraction of sp³-hybridized carbons (Fsp3) is 0.364. The zero-order valence-electron chi connectivity index (χ0n) is 17.2. The van der Waals surface area contributed by atoms with Crippen molar-refractivity contribution in [2.75, 3.05) is 13.1 Å². The molecule has 3 aromatic rings. The van der Waals surface area contributed by atoms with Gasteiger partial charge in [0.15, 0.2) is 0 Å². The molecule has 30 heavy (non-hydrogen) atoms. The molecule has 3 heterocycles. The van der Waals surface area contributed by atoms with Gasteiger partial charge in [0.2, 0.25) is 10.0 Å². The van der Waals surface area contributed by atoms with Gasteiger partial charge in [0, 0.05) is 25.5 Å². The highest BCUT2D eigenvalue weighted by atomic mass is 32.2. The van der Waals surface area contributed by atoms with Gasteiger partial charge in [-0.05, 0) is 56.0 Å². The number of piperidine rings is 1. The Hall–Kier alpha value is -2.71. The quantitative estimate of drug-likeness (QED) is 0.583. The lowest BCUT2D eigenvalue weighted by Gasteiger charge is -2.26. The number of fused-ring (bicyclic) bond motifs is 1. The molecule has 0 atom stereocenters. The van der Waals surface area contributed by atoms with Crippen molar-refractivity contribution in [1.82, 2.24) is 13.7 Å². The van der Waals surface area contributed by atoms with E-state index >= 15 is 0 Å². The maximum atomic E-state index is 13.1. The van der Waals surface area contributed by atoms with Gasteiger partial charge in [-0.15, -0.1) is 0 Å². The van der Waals surface area contributed by atoms with Gasteiger partial charge in [-0.25, -0.2) is 18.2 Å². The number of imidazole rings is 1. The first-order chi connectivity index (χ1) is 14.4. The third-order valence-electron chi connectivity index (χ3n) is 5.44. The Morgan fingerprint density at radius 2 is 1.87 bits per heavy atom. The van der Waals surface area contributed by atoms with Crippen LogP contribution in [0, 0.1) is 13.8 Å². The molecule has 0 radical (unpaired) electrons. The van der Waals surface area contributed by atoms with Crippen LogP contribution < -0.4 is 0 Å². The Balaban J connectivity index is 1.52. The molecule has 0 unspecified atom stereocenters. The van der Waals surface area contributed by atoms with Crippen LogP contribution >= 0.6 is 0 Å². The second-order valence-corrected chi connectivity index (χ2v) is 9.58. The molecule has 1 aliphatic rings. The van der Waals surface area contributed by atoms with Crippen molar-refractivity contribution in [3.8, 4) is 0 Å². The first kappa shape index (κ1) is 20.6. The molecule has 0 saturated carbocycles. The van der Waals surface area contributed by atoms with Crippen molar-refractivity contribution < 1.29 is 17.9 Å². The van der Waals surface area contributed by atoms with Gasteiger partial charge in [-0.2, -0.15) is 4.31 Å². The van der Waals surface area contributed by atoms with Crippen LogP contribution in [0.15, 0.2) is 47.6 Å². The zero-order chi connectivity index (χ0) is 21.3. The predicted octanol–water partition coefficient (Wildman–Crippen LogP) is 3.48. The van der Waals surface area contributed by atoms with Crippen LogP contribution in [0.2, 0.25) is 0 Å². The first-order valence-corrected chi connectivity index (χ1v) is 11.5. The van der Waals surface area contributed by atoms with E-state index in [9.17, 15) is 13.2 Å². The molecule has 2 aromatic heterocycles. The van der Waals surface area contributed by atoms with E-state index in [2.05, 4.69) is 4.98 Å². The van der Waals surface area contributed by atoms with Crippen LogP contribution in [0.5, 0.6) is 0 Å². The standard InChI is InChI=1S/C22H25N3O4S/c1-16-8-9-18(13-20(16)30(27,28)25-11-4-3-5-12-25)22(26)29-15-19-14-24-10-6-7-17(2)21(24)23-19/h6-10,13-14H,3-5,11-12,15H2,1-2H3. The highest BCUT2D eigenvalue weighted by Gasteiger charge is 2.28. The molecule has 1 fully saturated rings. The summed E-state index contributed by atoms with van der Waals surface area (Å²) in [6.07, 6.45) is 6.46. The van der Waals surface area contributed by atoms with Crippen molar-refractivity contribution in [2.24, 2.45) is 0 Å². The highest BCUT2D eigenvalue weighted by molar-refractivity contribution is 7.89. The van der Waals surface area contributed by atoms with Gasteiger partial charge < -0.3 is 9.14 Å². The van der Waals surface area contributed by atoms with Crippen LogP contribution in [0.25, 0.3) is 5.65 Å². The number of carbonyl (C=O) groups is 1. The van der Waals surface area contributed by atoms with Crippen molar-refractivity contribution in [3.05, 3.63) is 65.1 Å². The fourth-order valence-corrected chi connectivity index (χ4v) is 5.51. The number of sulfonamides is 1. The molecule has 0 spiro atoms. The number of rotatable bonds is 5. The lowest BCUT2D eigenvalue weighted by molar-refractivity contribution is 0.0468. The van der Waals surface area contributed by atoms with Crippen molar-refractivity contribution in [1.29, 1.82) is 0 Å². The average Bonchev–Trinajstić information content (AvgIpc) is 3.17. The molecule has 8 heteroatoms. The van der Waals surface area contributed by atoms with E-state index in [1.54, 1.807) is 19.1 Å². The molecule has 1 aliphatic heterocycles. The normalized spacial score (nSPS) is 15.4. The van der Waals surface area contributed by atoms with Gasteiger partial charge in [-0.3, -0.25) is 0 Å². The zero-order valence-corrected chi connectivity index (χ0v) is 18.0. The number of benzene rings is 1. The third kappa shape index (κ3) is 3.97. The maximum Gasteiger partial charge on any atom is 0.338 e. The van der Waals surface area contributed by atoms with Crippen LogP contribution in [-0.4, -0.2) is 41.2 Å². The molecule has 158 valence electrons. The van der Waals surface area contributed by atoms with Crippen LogP contribution in [-0.2, 0) is 21.4 Å². The van der Waals surface area contributed by atoms with Crippen LogP contribution in [0.3, 0.4) is 0 Å². The monoisotopic (exact) mass is 427 g/mol. The Bertz CT molecular complexity index is 1190. The maximum absolute atomic E-state index is 13.1. The molecular formula is C22H25N3O4S. The summed E-state index contributed by atoms with van der Waals surface area (Å²) in [6.45, 7) is 4.76. The number of carbonyl (C=O) groups excluding carboxylic acids is 1. The van der Waals surface area contributed by atoms with E-state index in [0.717, 1.165) is 30.5 Å². The minimum atomic E-state index is -3.63. The molecule has 0 N–H and O–H groups in total. The summed E-state index contributed by atoms with van der Waals surface area (Å²) >= 11 is 0. The van der Waals surface area contributed by atoms with Gasteiger partial charge in [0.1, 0.15) is 12.3 Å². The summed E-state index contributed by atoms with van der Waals surface area (Å²) in [5, 5.41) is 0. The summed E-state index contributed by atoms with van der Waals surface area (Å²) < 4.78 is 34.9. The number of hydrogen-bond donors (Lipinski definition) is 0. The van der Waals surface area contributed by atoms with Gasteiger partial charge in [0.25, 0.3) is 0 Å². The van der Waals surface area contributed by atoms with E-state index in [1.807, 2.05) is 35.9 Å². The molecular weight excluding hydrogens is 402 g/mol. The van der Waals surface area contributed by atoms with E-state index in [-0.39, 0.29) is 17.1 Å². The SMILES string of the molecule is Cc1ccc(C(=O)OCc2cn3cccc(C)c3n2)cc1S(=O)(=O)N1CCCCC1. The predicted molar refractivity (Wildman–Crippen MR) is 113 cm³/mol. The van der Waals surface area contributed by atoms with Gasteiger partial charge in [0.05, 0.1) is 16.2 Å². The largest absolute Gasteiger partial charge is 0.456 e. The average molecular weight is 428 g/mol. The summed E-state index contributed by atoms with van der Waals surface area (Å²) in [5.41, 5.74) is 3.31. The number of hydrogen-bond acceptors (Lipinski definition) is 5. The molecule has 4 rings (SSSR count).